The number of amides is 1. The molecule has 26 heavy (non-hydrogen) atoms. The van der Waals surface area contributed by atoms with Crippen LogP contribution >= 0.6 is 0 Å². The van der Waals surface area contributed by atoms with Gasteiger partial charge >= 0.3 is 0 Å². The Bertz CT molecular complexity index is 766. The number of anilines is 1. The van der Waals surface area contributed by atoms with E-state index >= 15 is 0 Å². The molecule has 0 aliphatic carbocycles. The molecule has 0 bridgehead atoms. The van der Waals surface area contributed by atoms with Crippen molar-refractivity contribution in [1.82, 2.24) is 0 Å². The van der Waals surface area contributed by atoms with Crippen molar-refractivity contribution in [3.8, 4) is 0 Å². The summed E-state index contributed by atoms with van der Waals surface area (Å²) in [4.78, 5) is 12.3. The Hall–Kier alpha value is -2.09. The maximum Gasteiger partial charge on any atom is 0.245 e. The minimum Gasteiger partial charge on any atom is -0.380 e. The molecule has 1 amide bonds. The van der Waals surface area contributed by atoms with Crippen molar-refractivity contribution in [2.24, 2.45) is 5.73 Å². The fourth-order valence-corrected chi connectivity index (χ4v) is 4.30. The SMILES string of the molecule is COCc1ccc(C(N)C(=O)Nc2cc(F)c([Si](C)(C)C)c(F)c2)cc1. The van der Waals surface area contributed by atoms with E-state index in [1.54, 1.807) is 19.2 Å². The van der Waals surface area contributed by atoms with Crippen LogP contribution in [0.25, 0.3) is 0 Å². The molecule has 2 aromatic carbocycles. The second-order valence-electron chi connectivity index (χ2n) is 7.21. The number of hydrogen-bond acceptors (Lipinski definition) is 3. The highest BCUT2D eigenvalue weighted by molar-refractivity contribution is 6.88. The largest absolute Gasteiger partial charge is 0.380 e. The minimum atomic E-state index is -2.17. The van der Waals surface area contributed by atoms with Crippen molar-refractivity contribution in [3.05, 3.63) is 59.2 Å². The summed E-state index contributed by atoms with van der Waals surface area (Å²) in [5, 5.41) is 2.61. The molecule has 140 valence electrons. The fraction of sp³-hybridized carbons (Fsp3) is 0.316. The lowest BCUT2D eigenvalue weighted by molar-refractivity contribution is -0.117. The molecule has 1 unspecified atom stereocenters. The van der Waals surface area contributed by atoms with Crippen molar-refractivity contribution in [1.29, 1.82) is 0 Å². The molecule has 0 radical (unpaired) electrons. The van der Waals surface area contributed by atoms with Gasteiger partial charge in [0.15, 0.2) is 0 Å². The quantitative estimate of drug-likeness (QED) is 0.758. The molecule has 2 aromatic rings. The number of methoxy groups -OCH3 is 1. The highest BCUT2D eigenvalue weighted by Gasteiger charge is 2.26. The van der Waals surface area contributed by atoms with Crippen molar-refractivity contribution in [2.45, 2.75) is 32.3 Å². The monoisotopic (exact) mass is 378 g/mol. The molecule has 0 saturated carbocycles. The van der Waals surface area contributed by atoms with Crippen LogP contribution < -0.4 is 16.2 Å². The molecule has 4 nitrogen and oxygen atoms in total. The average Bonchev–Trinajstić information content (AvgIpc) is 2.53. The lowest BCUT2D eigenvalue weighted by atomic mass is 10.0. The van der Waals surface area contributed by atoms with Crippen LogP contribution in [-0.2, 0) is 16.1 Å². The first-order chi connectivity index (χ1) is 12.1. The van der Waals surface area contributed by atoms with Gasteiger partial charge in [-0.15, -0.1) is 0 Å². The van der Waals surface area contributed by atoms with Crippen LogP contribution in [0.4, 0.5) is 14.5 Å². The maximum absolute atomic E-state index is 14.3. The Labute approximate surface area is 153 Å². The second-order valence-corrected chi connectivity index (χ2v) is 12.2. The van der Waals surface area contributed by atoms with Crippen LogP contribution in [0.15, 0.2) is 36.4 Å². The number of benzene rings is 2. The Kier molecular flexibility index (Phi) is 6.28. The molecular weight excluding hydrogens is 354 g/mol. The number of rotatable bonds is 6. The second kappa shape index (κ2) is 8.07. The van der Waals surface area contributed by atoms with Gasteiger partial charge in [0.1, 0.15) is 17.7 Å². The molecular formula is C19H24F2N2O2Si. The summed E-state index contributed by atoms with van der Waals surface area (Å²) < 4.78 is 33.6. The highest BCUT2D eigenvalue weighted by Crippen LogP contribution is 2.19. The zero-order valence-electron chi connectivity index (χ0n) is 15.4. The molecule has 0 aliphatic rings. The van der Waals surface area contributed by atoms with Crippen LogP contribution in [0.1, 0.15) is 17.2 Å². The molecule has 0 fully saturated rings. The number of carbonyl (C=O) groups excluding carboxylic acids is 1. The van der Waals surface area contributed by atoms with Gasteiger partial charge in [-0.25, -0.2) is 8.78 Å². The van der Waals surface area contributed by atoms with Gasteiger partial charge in [-0.1, -0.05) is 43.9 Å². The molecule has 2 rings (SSSR count). The zero-order chi connectivity index (χ0) is 19.5. The summed E-state index contributed by atoms with van der Waals surface area (Å²) in [5.41, 5.74) is 7.57. The van der Waals surface area contributed by atoms with Crippen LogP contribution in [0.5, 0.6) is 0 Å². The summed E-state index contributed by atoms with van der Waals surface area (Å²) in [6.45, 7) is 6.03. The van der Waals surface area contributed by atoms with Crippen LogP contribution in [0, 0.1) is 11.6 Å². The first kappa shape index (κ1) is 20.2. The zero-order valence-corrected chi connectivity index (χ0v) is 16.4. The van der Waals surface area contributed by atoms with Crippen LogP contribution in [0.2, 0.25) is 19.6 Å². The van der Waals surface area contributed by atoms with Crippen LogP contribution in [0.3, 0.4) is 0 Å². The molecule has 0 spiro atoms. The predicted octanol–water partition coefficient (Wildman–Crippen LogP) is 3.29. The lowest BCUT2D eigenvalue weighted by Crippen LogP contribution is -2.42. The number of nitrogens with one attached hydrogen (secondary N) is 1. The molecule has 0 aromatic heterocycles. The van der Waals surface area contributed by atoms with Gasteiger partial charge < -0.3 is 15.8 Å². The van der Waals surface area contributed by atoms with E-state index in [2.05, 4.69) is 5.32 Å². The minimum absolute atomic E-state index is 0.0541. The highest BCUT2D eigenvalue weighted by atomic mass is 28.3. The third-order valence-electron chi connectivity index (χ3n) is 3.99. The summed E-state index contributed by atoms with van der Waals surface area (Å²) >= 11 is 0. The van der Waals surface area contributed by atoms with Gasteiger partial charge in [0.2, 0.25) is 5.91 Å². The average molecular weight is 378 g/mol. The molecule has 7 heteroatoms. The Morgan fingerprint density at radius 1 is 1.15 bits per heavy atom. The van der Waals surface area contributed by atoms with Crippen LogP contribution in [-0.4, -0.2) is 21.1 Å². The standard InChI is InChI=1S/C19H24F2N2O2Si/c1-25-11-12-5-7-13(8-6-12)17(22)19(24)23-14-9-15(20)18(16(21)10-14)26(2,3)4/h5-10,17H,11,22H2,1-4H3,(H,23,24). The van der Waals surface area contributed by atoms with Gasteiger partial charge in [0, 0.05) is 18.0 Å². The van der Waals surface area contributed by atoms with E-state index in [1.165, 1.54) is 0 Å². The Balaban J connectivity index is 2.16. The number of hydrogen-bond donors (Lipinski definition) is 2. The summed E-state index contributed by atoms with van der Waals surface area (Å²) in [7, 11) is -0.574. The Morgan fingerprint density at radius 2 is 1.69 bits per heavy atom. The van der Waals surface area contributed by atoms with Crippen molar-refractivity contribution in [2.75, 3.05) is 12.4 Å². The van der Waals surface area contributed by atoms with Gasteiger partial charge in [-0.2, -0.15) is 0 Å². The maximum atomic E-state index is 14.3. The third kappa shape index (κ3) is 4.75. The summed E-state index contributed by atoms with van der Waals surface area (Å²) in [6.07, 6.45) is 0. The van der Waals surface area contributed by atoms with E-state index in [4.69, 9.17) is 10.5 Å². The molecule has 1 atom stereocenters. The first-order valence-electron chi connectivity index (χ1n) is 8.27. The normalized spacial score (nSPS) is 12.7. The van der Waals surface area contributed by atoms with Crippen molar-refractivity contribution in [3.63, 3.8) is 0 Å². The van der Waals surface area contributed by atoms with Gasteiger partial charge in [0.05, 0.1) is 14.7 Å². The summed E-state index contributed by atoms with van der Waals surface area (Å²) in [6, 6.07) is 8.42. The van der Waals surface area contributed by atoms with Gasteiger partial charge in [0.25, 0.3) is 0 Å². The van der Waals surface area contributed by atoms with E-state index < -0.39 is 31.7 Å². The smallest absolute Gasteiger partial charge is 0.245 e. The predicted molar refractivity (Wildman–Crippen MR) is 102 cm³/mol. The topological polar surface area (TPSA) is 64.3 Å². The summed E-state index contributed by atoms with van der Waals surface area (Å²) in [5.74, 6) is -1.82. The third-order valence-corrected chi connectivity index (χ3v) is 5.97. The fourth-order valence-electron chi connectivity index (χ4n) is 2.72. The number of ether oxygens (including phenoxy) is 1. The van der Waals surface area contributed by atoms with E-state index in [-0.39, 0.29) is 10.9 Å². The molecule has 0 saturated heterocycles. The lowest BCUT2D eigenvalue weighted by Gasteiger charge is -2.20. The van der Waals surface area contributed by atoms with Crippen molar-refractivity contribution >= 4 is 24.9 Å². The number of nitrogens with two attached hydrogens (primary N) is 1. The molecule has 3 N–H and O–H groups in total. The van der Waals surface area contributed by atoms with Crippen molar-refractivity contribution < 1.29 is 18.3 Å². The van der Waals surface area contributed by atoms with Gasteiger partial charge in [-0.3, -0.25) is 4.79 Å². The van der Waals surface area contributed by atoms with E-state index in [0.29, 0.717) is 12.2 Å². The van der Waals surface area contributed by atoms with E-state index in [0.717, 1.165) is 17.7 Å². The van der Waals surface area contributed by atoms with E-state index in [9.17, 15) is 13.6 Å². The van der Waals surface area contributed by atoms with E-state index in [1.807, 2.05) is 31.8 Å². The molecule has 0 heterocycles. The number of carbonyl (C=O) groups is 1. The first-order valence-corrected chi connectivity index (χ1v) is 11.8. The number of halogens is 2. The Morgan fingerprint density at radius 3 is 2.15 bits per heavy atom. The van der Waals surface area contributed by atoms with Gasteiger partial charge in [-0.05, 0) is 23.3 Å². The molecule has 0 aliphatic heterocycles.